The molecule has 0 saturated heterocycles. The molecular formula is C16H22N2S. The zero-order valence-corrected chi connectivity index (χ0v) is 12.7. The Balaban J connectivity index is 1.98. The van der Waals surface area contributed by atoms with E-state index in [-0.39, 0.29) is 0 Å². The van der Waals surface area contributed by atoms with Gasteiger partial charge in [-0.3, -0.25) is 0 Å². The highest BCUT2D eigenvalue weighted by atomic mass is 32.1. The average molecular weight is 274 g/mol. The van der Waals surface area contributed by atoms with Crippen LogP contribution in [0.3, 0.4) is 0 Å². The monoisotopic (exact) mass is 274 g/mol. The van der Waals surface area contributed by atoms with Crippen molar-refractivity contribution in [3.8, 4) is 11.3 Å². The summed E-state index contributed by atoms with van der Waals surface area (Å²) >= 11 is 1.73. The van der Waals surface area contributed by atoms with E-state index < -0.39 is 0 Å². The first-order chi connectivity index (χ1) is 9.20. The van der Waals surface area contributed by atoms with E-state index in [0.29, 0.717) is 12.0 Å². The van der Waals surface area contributed by atoms with Crippen LogP contribution in [0.5, 0.6) is 0 Å². The van der Waals surface area contributed by atoms with Gasteiger partial charge >= 0.3 is 0 Å². The second kappa shape index (κ2) is 6.83. The molecule has 3 heteroatoms. The van der Waals surface area contributed by atoms with Gasteiger partial charge in [-0.2, -0.15) is 0 Å². The molecule has 2 rings (SSSR count). The van der Waals surface area contributed by atoms with Gasteiger partial charge in [0.1, 0.15) is 5.01 Å². The predicted octanol–water partition coefficient (Wildman–Crippen LogP) is 4.33. The number of rotatable bonds is 6. The number of hydrogen-bond acceptors (Lipinski definition) is 3. The molecule has 0 amide bonds. The Morgan fingerprint density at radius 2 is 1.95 bits per heavy atom. The molecule has 1 atom stereocenters. The average Bonchev–Trinajstić information content (AvgIpc) is 2.89. The number of aromatic nitrogens is 1. The van der Waals surface area contributed by atoms with Gasteiger partial charge in [0.05, 0.1) is 5.69 Å². The molecule has 0 aliphatic heterocycles. The van der Waals surface area contributed by atoms with E-state index in [1.807, 2.05) is 6.07 Å². The highest BCUT2D eigenvalue weighted by Gasteiger charge is 2.11. The number of thiazole rings is 1. The number of nitrogens with one attached hydrogen (secondary N) is 1. The Bertz CT molecular complexity index is 490. The van der Waals surface area contributed by atoms with Gasteiger partial charge in [-0.05, 0) is 12.3 Å². The fourth-order valence-corrected chi connectivity index (χ4v) is 2.96. The summed E-state index contributed by atoms with van der Waals surface area (Å²) in [4.78, 5) is 4.70. The topological polar surface area (TPSA) is 24.9 Å². The van der Waals surface area contributed by atoms with Crippen LogP contribution >= 0.6 is 11.3 Å². The lowest BCUT2D eigenvalue weighted by Gasteiger charge is -2.19. The second-order valence-corrected chi connectivity index (χ2v) is 6.07. The van der Waals surface area contributed by atoms with Crippen molar-refractivity contribution in [1.82, 2.24) is 10.3 Å². The summed E-state index contributed by atoms with van der Waals surface area (Å²) in [6, 6.07) is 10.9. The first-order valence-corrected chi connectivity index (χ1v) is 7.82. The highest BCUT2D eigenvalue weighted by molar-refractivity contribution is 7.09. The largest absolute Gasteiger partial charge is 0.307 e. The molecule has 0 radical (unpaired) electrons. The fourth-order valence-electron chi connectivity index (χ4n) is 2.20. The molecule has 1 aromatic heterocycles. The number of benzene rings is 1. The molecule has 0 aliphatic rings. The first-order valence-electron chi connectivity index (χ1n) is 6.94. The first kappa shape index (κ1) is 14.2. The summed E-state index contributed by atoms with van der Waals surface area (Å²) in [6.07, 6.45) is 1.16. The van der Waals surface area contributed by atoms with Crippen molar-refractivity contribution in [2.24, 2.45) is 5.92 Å². The van der Waals surface area contributed by atoms with Crippen molar-refractivity contribution < 1.29 is 0 Å². The van der Waals surface area contributed by atoms with E-state index in [1.165, 1.54) is 5.56 Å². The zero-order chi connectivity index (χ0) is 13.7. The molecule has 2 nitrogen and oxygen atoms in total. The summed E-state index contributed by atoms with van der Waals surface area (Å²) in [5.41, 5.74) is 2.28. The van der Waals surface area contributed by atoms with Gasteiger partial charge in [0.25, 0.3) is 0 Å². The lowest BCUT2D eigenvalue weighted by Crippen LogP contribution is -2.32. The number of hydrogen-bond donors (Lipinski definition) is 1. The standard InChI is InChI=1S/C16H22N2S/c1-4-14(12(2)3)17-10-16-18-15(11-19-16)13-8-6-5-7-9-13/h5-9,11-12,14,17H,4,10H2,1-3H3. The third kappa shape index (κ3) is 3.88. The van der Waals surface area contributed by atoms with E-state index in [0.717, 1.165) is 23.7 Å². The Hall–Kier alpha value is -1.19. The van der Waals surface area contributed by atoms with Gasteiger partial charge in [-0.25, -0.2) is 4.98 Å². The summed E-state index contributed by atoms with van der Waals surface area (Å²) in [7, 11) is 0. The third-order valence-electron chi connectivity index (χ3n) is 3.38. The SMILES string of the molecule is CCC(NCc1nc(-c2ccccc2)cs1)C(C)C. The van der Waals surface area contributed by atoms with Gasteiger partial charge in [0.15, 0.2) is 0 Å². The molecule has 0 bridgehead atoms. The predicted molar refractivity (Wildman–Crippen MR) is 83.3 cm³/mol. The molecule has 0 fully saturated rings. The van der Waals surface area contributed by atoms with Crippen LogP contribution in [-0.4, -0.2) is 11.0 Å². The minimum Gasteiger partial charge on any atom is -0.307 e. The van der Waals surface area contributed by atoms with Crippen molar-refractivity contribution in [1.29, 1.82) is 0 Å². The van der Waals surface area contributed by atoms with Crippen LogP contribution in [0.4, 0.5) is 0 Å². The van der Waals surface area contributed by atoms with Crippen molar-refractivity contribution >= 4 is 11.3 Å². The molecular weight excluding hydrogens is 252 g/mol. The van der Waals surface area contributed by atoms with Crippen LogP contribution in [0.2, 0.25) is 0 Å². The summed E-state index contributed by atoms with van der Waals surface area (Å²) in [5.74, 6) is 0.665. The van der Waals surface area contributed by atoms with Crippen LogP contribution < -0.4 is 5.32 Å². The van der Waals surface area contributed by atoms with Crippen LogP contribution in [0.25, 0.3) is 11.3 Å². The minimum atomic E-state index is 0.573. The van der Waals surface area contributed by atoms with Crippen molar-refractivity contribution in [2.75, 3.05) is 0 Å². The Morgan fingerprint density at radius 1 is 1.21 bits per heavy atom. The van der Waals surface area contributed by atoms with Gasteiger partial charge < -0.3 is 5.32 Å². The lowest BCUT2D eigenvalue weighted by atomic mass is 10.0. The normalized spacial score (nSPS) is 12.8. The molecule has 0 spiro atoms. The van der Waals surface area contributed by atoms with Crippen molar-refractivity contribution in [3.05, 3.63) is 40.7 Å². The maximum atomic E-state index is 4.70. The maximum absolute atomic E-state index is 4.70. The molecule has 19 heavy (non-hydrogen) atoms. The van der Waals surface area contributed by atoms with Crippen LogP contribution in [0.15, 0.2) is 35.7 Å². The van der Waals surface area contributed by atoms with Gasteiger partial charge in [0.2, 0.25) is 0 Å². The van der Waals surface area contributed by atoms with Crippen LogP contribution in [0, 0.1) is 5.92 Å². The zero-order valence-electron chi connectivity index (χ0n) is 11.9. The quantitative estimate of drug-likeness (QED) is 0.848. The smallest absolute Gasteiger partial charge is 0.107 e. The molecule has 1 N–H and O–H groups in total. The van der Waals surface area contributed by atoms with E-state index in [1.54, 1.807) is 11.3 Å². The molecule has 0 saturated carbocycles. The molecule has 2 aromatic rings. The minimum absolute atomic E-state index is 0.573. The molecule has 1 heterocycles. The van der Waals surface area contributed by atoms with Crippen LogP contribution in [-0.2, 0) is 6.54 Å². The highest BCUT2D eigenvalue weighted by Crippen LogP contribution is 2.21. The van der Waals surface area contributed by atoms with E-state index >= 15 is 0 Å². The van der Waals surface area contributed by atoms with E-state index in [4.69, 9.17) is 4.98 Å². The van der Waals surface area contributed by atoms with Crippen molar-refractivity contribution in [3.63, 3.8) is 0 Å². The van der Waals surface area contributed by atoms with Gasteiger partial charge in [-0.15, -0.1) is 11.3 Å². The summed E-state index contributed by atoms with van der Waals surface area (Å²) < 4.78 is 0. The van der Waals surface area contributed by atoms with E-state index in [9.17, 15) is 0 Å². The third-order valence-corrected chi connectivity index (χ3v) is 4.23. The Kier molecular flexibility index (Phi) is 5.11. The lowest BCUT2D eigenvalue weighted by molar-refractivity contribution is 0.387. The van der Waals surface area contributed by atoms with Gasteiger partial charge in [0, 0.05) is 23.5 Å². The number of nitrogens with zero attached hydrogens (tertiary/aromatic N) is 1. The van der Waals surface area contributed by atoms with E-state index in [2.05, 4.69) is 55.7 Å². The summed E-state index contributed by atoms with van der Waals surface area (Å²) in [6.45, 7) is 7.62. The Morgan fingerprint density at radius 3 is 2.58 bits per heavy atom. The molecule has 1 aromatic carbocycles. The summed E-state index contributed by atoms with van der Waals surface area (Å²) in [5, 5.41) is 6.90. The molecule has 0 aliphatic carbocycles. The molecule has 1 unspecified atom stereocenters. The Labute approximate surface area is 119 Å². The van der Waals surface area contributed by atoms with Crippen molar-refractivity contribution in [2.45, 2.75) is 39.8 Å². The van der Waals surface area contributed by atoms with Crippen LogP contribution in [0.1, 0.15) is 32.2 Å². The van der Waals surface area contributed by atoms with Gasteiger partial charge in [-0.1, -0.05) is 51.1 Å². The fraction of sp³-hybridized carbons (Fsp3) is 0.438. The second-order valence-electron chi connectivity index (χ2n) is 5.13. The molecule has 102 valence electrons. The maximum Gasteiger partial charge on any atom is 0.107 e.